The van der Waals surface area contributed by atoms with E-state index < -0.39 is 0 Å². The summed E-state index contributed by atoms with van der Waals surface area (Å²) in [6.07, 6.45) is 10.8. The predicted octanol–water partition coefficient (Wildman–Crippen LogP) is 5.43. The molecule has 0 saturated heterocycles. The minimum Gasteiger partial charge on any atom is -0.317 e. The lowest BCUT2D eigenvalue weighted by molar-refractivity contribution is -0.116. The van der Waals surface area contributed by atoms with Crippen LogP contribution in [0.2, 0.25) is 0 Å². The predicted molar refractivity (Wildman–Crippen MR) is 96.8 cm³/mol. The normalized spacial score (nSPS) is 16.7. The van der Waals surface area contributed by atoms with Gasteiger partial charge in [-0.1, -0.05) is 46.0 Å². The van der Waals surface area contributed by atoms with Crippen LogP contribution >= 0.6 is 11.3 Å². The molecule has 1 aromatic rings. The van der Waals surface area contributed by atoms with Crippen molar-refractivity contribution in [2.75, 3.05) is 5.32 Å². The summed E-state index contributed by atoms with van der Waals surface area (Å²) in [4.78, 5) is 13.4. The summed E-state index contributed by atoms with van der Waals surface area (Å²) in [6.45, 7) is 4.47. The first kappa shape index (κ1) is 18.0. The van der Waals surface area contributed by atoms with E-state index in [1.807, 2.05) is 0 Å². The van der Waals surface area contributed by atoms with Crippen molar-refractivity contribution >= 4 is 22.2 Å². The van der Waals surface area contributed by atoms with Crippen LogP contribution in [0, 0.1) is 17.2 Å². The third-order valence-corrected chi connectivity index (χ3v) is 5.80. The van der Waals surface area contributed by atoms with Gasteiger partial charge in [-0.2, -0.15) is 5.26 Å². The lowest BCUT2D eigenvalue weighted by atomic mass is 9.88. The van der Waals surface area contributed by atoms with Crippen molar-refractivity contribution in [1.29, 1.82) is 5.26 Å². The fraction of sp³-hybridized carbons (Fsp3) is 0.684. The van der Waals surface area contributed by atoms with Crippen LogP contribution in [0.3, 0.4) is 0 Å². The highest BCUT2D eigenvalue weighted by Gasteiger charge is 2.24. The zero-order valence-corrected chi connectivity index (χ0v) is 15.2. The molecule has 1 amide bonds. The first-order valence-corrected chi connectivity index (χ1v) is 9.81. The quantitative estimate of drug-likeness (QED) is 0.645. The van der Waals surface area contributed by atoms with E-state index in [9.17, 15) is 10.1 Å². The van der Waals surface area contributed by atoms with Gasteiger partial charge in [0.25, 0.3) is 0 Å². The van der Waals surface area contributed by atoms with Gasteiger partial charge in [0.05, 0.1) is 5.56 Å². The first-order chi connectivity index (χ1) is 11.2. The number of thiophene rings is 1. The number of hydrogen-bond acceptors (Lipinski definition) is 3. The van der Waals surface area contributed by atoms with E-state index in [0.29, 0.717) is 17.9 Å². The van der Waals surface area contributed by atoms with Gasteiger partial charge in [-0.15, -0.1) is 11.3 Å². The molecule has 1 unspecified atom stereocenters. The van der Waals surface area contributed by atoms with Gasteiger partial charge >= 0.3 is 0 Å². The van der Waals surface area contributed by atoms with E-state index >= 15 is 0 Å². The average Bonchev–Trinajstić information content (AvgIpc) is 2.86. The minimum atomic E-state index is 0.0589. The molecule has 0 aromatic carbocycles. The topological polar surface area (TPSA) is 52.9 Å². The molecular weight excluding hydrogens is 304 g/mol. The SMILES string of the molecule is CCCCCCCCC(=O)Nc1sc2c(c1C#N)CCC(C)C2. The van der Waals surface area contributed by atoms with Gasteiger partial charge < -0.3 is 5.32 Å². The number of fused-ring (bicyclic) bond motifs is 1. The van der Waals surface area contributed by atoms with Crippen molar-refractivity contribution in [3.8, 4) is 6.07 Å². The van der Waals surface area contributed by atoms with Crippen molar-refractivity contribution in [1.82, 2.24) is 0 Å². The lowest BCUT2D eigenvalue weighted by Crippen LogP contribution is -2.11. The van der Waals surface area contributed by atoms with Crippen LogP contribution in [0.25, 0.3) is 0 Å². The average molecular weight is 333 g/mol. The molecule has 1 atom stereocenters. The summed E-state index contributed by atoms with van der Waals surface area (Å²) < 4.78 is 0. The smallest absolute Gasteiger partial charge is 0.225 e. The standard InChI is InChI=1S/C19H28N2OS/c1-3-4-5-6-7-8-9-18(22)21-19-16(13-20)15-11-10-14(2)12-17(15)23-19/h14H,3-12H2,1-2H3,(H,21,22). The fourth-order valence-electron chi connectivity index (χ4n) is 3.21. The molecular formula is C19H28N2OS. The largest absolute Gasteiger partial charge is 0.317 e. The van der Waals surface area contributed by atoms with Crippen LogP contribution in [0.1, 0.15) is 81.2 Å². The van der Waals surface area contributed by atoms with Crippen molar-refractivity contribution in [3.63, 3.8) is 0 Å². The molecule has 1 aliphatic rings. The zero-order valence-electron chi connectivity index (χ0n) is 14.4. The van der Waals surface area contributed by atoms with E-state index in [2.05, 4.69) is 25.2 Å². The van der Waals surface area contributed by atoms with Gasteiger partial charge in [0, 0.05) is 11.3 Å². The second-order valence-electron chi connectivity index (χ2n) is 6.73. The van der Waals surface area contributed by atoms with Crippen LogP contribution < -0.4 is 5.32 Å². The second-order valence-corrected chi connectivity index (χ2v) is 7.84. The zero-order chi connectivity index (χ0) is 16.7. The molecule has 3 nitrogen and oxygen atoms in total. The number of anilines is 1. The number of nitrogens with one attached hydrogen (secondary N) is 1. The number of nitriles is 1. The third-order valence-electron chi connectivity index (χ3n) is 4.63. The Bertz CT molecular complexity index is 571. The summed E-state index contributed by atoms with van der Waals surface area (Å²) >= 11 is 1.61. The van der Waals surface area contributed by atoms with E-state index in [4.69, 9.17) is 0 Å². The summed E-state index contributed by atoms with van der Waals surface area (Å²) in [7, 11) is 0. The van der Waals surface area contributed by atoms with Crippen molar-refractivity contribution in [2.45, 2.75) is 78.1 Å². The van der Waals surface area contributed by atoms with Gasteiger partial charge in [0.15, 0.2) is 0 Å². The molecule has 126 valence electrons. The summed E-state index contributed by atoms with van der Waals surface area (Å²) in [5, 5.41) is 13.2. The Kier molecular flexibility index (Phi) is 7.11. The Balaban J connectivity index is 1.85. The fourth-order valence-corrected chi connectivity index (χ4v) is 4.59. The highest BCUT2D eigenvalue weighted by atomic mass is 32.1. The Morgan fingerprint density at radius 2 is 2.04 bits per heavy atom. The number of carbonyl (C=O) groups is 1. The molecule has 0 bridgehead atoms. The molecule has 0 fully saturated rings. The number of nitrogens with zero attached hydrogens (tertiary/aromatic N) is 1. The Labute approximate surface area is 144 Å². The van der Waals surface area contributed by atoms with Crippen molar-refractivity contribution in [3.05, 3.63) is 16.0 Å². The monoisotopic (exact) mass is 332 g/mol. The van der Waals surface area contributed by atoms with E-state index in [1.165, 1.54) is 36.1 Å². The summed E-state index contributed by atoms with van der Waals surface area (Å²) in [5.41, 5.74) is 1.90. The van der Waals surface area contributed by atoms with E-state index in [0.717, 1.165) is 37.1 Å². The molecule has 0 spiro atoms. The third kappa shape index (κ3) is 5.07. The highest BCUT2D eigenvalue weighted by molar-refractivity contribution is 7.16. The molecule has 1 aromatic heterocycles. The molecule has 0 saturated carbocycles. The summed E-state index contributed by atoms with van der Waals surface area (Å²) in [6, 6.07) is 2.31. The maximum absolute atomic E-state index is 12.1. The van der Waals surface area contributed by atoms with Gasteiger partial charge in [-0.3, -0.25) is 4.79 Å². The molecule has 1 heterocycles. The van der Waals surface area contributed by atoms with E-state index in [1.54, 1.807) is 11.3 Å². The minimum absolute atomic E-state index is 0.0589. The van der Waals surface area contributed by atoms with Crippen LogP contribution in [-0.2, 0) is 17.6 Å². The molecule has 0 radical (unpaired) electrons. The Morgan fingerprint density at radius 3 is 2.78 bits per heavy atom. The van der Waals surface area contributed by atoms with Crippen LogP contribution in [-0.4, -0.2) is 5.91 Å². The second kappa shape index (κ2) is 9.08. The van der Waals surface area contributed by atoms with E-state index in [-0.39, 0.29) is 5.91 Å². The maximum Gasteiger partial charge on any atom is 0.225 e. The van der Waals surface area contributed by atoms with Crippen LogP contribution in [0.15, 0.2) is 0 Å². The van der Waals surface area contributed by atoms with Crippen molar-refractivity contribution < 1.29 is 4.79 Å². The van der Waals surface area contributed by atoms with Gasteiger partial charge in [-0.05, 0) is 37.2 Å². The van der Waals surface area contributed by atoms with Gasteiger partial charge in [0.2, 0.25) is 5.91 Å². The molecule has 1 N–H and O–H groups in total. The lowest BCUT2D eigenvalue weighted by Gasteiger charge is -2.17. The van der Waals surface area contributed by atoms with Crippen molar-refractivity contribution in [2.24, 2.45) is 5.92 Å². The maximum atomic E-state index is 12.1. The number of amides is 1. The summed E-state index contributed by atoms with van der Waals surface area (Å²) in [5.74, 6) is 0.739. The van der Waals surface area contributed by atoms with Gasteiger partial charge in [-0.25, -0.2) is 0 Å². The Hall–Kier alpha value is -1.34. The number of unbranched alkanes of at least 4 members (excludes halogenated alkanes) is 5. The molecule has 2 rings (SSSR count). The molecule has 23 heavy (non-hydrogen) atoms. The molecule has 1 aliphatic carbocycles. The molecule has 0 aliphatic heterocycles. The number of rotatable bonds is 8. The van der Waals surface area contributed by atoms with Gasteiger partial charge in [0.1, 0.15) is 11.1 Å². The molecule has 4 heteroatoms. The number of hydrogen-bond donors (Lipinski definition) is 1. The number of carbonyl (C=O) groups excluding carboxylic acids is 1. The van der Waals surface area contributed by atoms with Crippen LogP contribution in [0.4, 0.5) is 5.00 Å². The highest BCUT2D eigenvalue weighted by Crippen LogP contribution is 2.39. The Morgan fingerprint density at radius 1 is 1.30 bits per heavy atom. The first-order valence-electron chi connectivity index (χ1n) is 9.00. The van der Waals surface area contributed by atoms with Crippen LogP contribution in [0.5, 0.6) is 0 Å².